The summed E-state index contributed by atoms with van der Waals surface area (Å²) < 4.78 is 29.9. The molecule has 1 heterocycles. The number of nitrogens with two attached hydrogens (primary N) is 1. The summed E-state index contributed by atoms with van der Waals surface area (Å²) in [4.78, 5) is 8.37. The minimum atomic E-state index is -1.56. The van der Waals surface area contributed by atoms with E-state index in [1.807, 2.05) is 6.07 Å². The average molecular weight is 397 g/mol. The molecule has 0 spiro atoms. The number of hydrogen-bond acceptors (Lipinski definition) is 7. The molecule has 142 valence electrons. The van der Waals surface area contributed by atoms with E-state index in [1.165, 1.54) is 18.3 Å². The molecule has 3 rings (SSSR count). The van der Waals surface area contributed by atoms with E-state index >= 15 is 0 Å². The normalized spacial score (nSPS) is 11.8. The van der Waals surface area contributed by atoms with Gasteiger partial charge in [-0.3, -0.25) is 0 Å². The van der Waals surface area contributed by atoms with Gasteiger partial charge in [0, 0.05) is 11.1 Å². The standard InChI is InChI=1S/C19H16FN5O2S/c20-15-9-12(13-3-1-2-4-17(13)28(27)24-7-8-26)5-6-14(15)19-16(10-21)25-18(22)11-23-19/h1-6,9,11,24,26H,7-8H2,(H2,22,25). The number of nitriles is 1. The lowest BCUT2D eigenvalue weighted by Crippen LogP contribution is -2.27. The lowest BCUT2D eigenvalue weighted by molar-refractivity contribution is 0.301. The number of hydrogen-bond donors (Lipinski definition) is 3. The van der Waals surface area contributed by atoms with Crippen molar-refractivity contribution in [1.82, 2.24) is 14.7 Å². The van der Waals surface area contributed by atoms with Gasteiger partial charge in [-0.25, -0.2) is 14.4 Å². The lowest BCUT2D eigenvalue weighted by atomic mass is 10.0. The van der Waals surface area contributed by atoms with Gasteiger partial charge in [-0.1, -0.05) is 18.2 Å². The summed E-state index contributed by atoms with van der Waals surface area (Å²) in [5, 5.41) is 18.1. The molecule has 3 aromatic rings. The average Bonchev–Trinajstić information content (AvgIpc) is 2.72. The van der Waals surface area contributed by atoms with Crippen LogP contribution in [0.15, 0.2) is 53.6 Å². The molecule has 0 fully saturated rings. The van der Waals surface area contributed by atoms with Gasteiger partial charge in [0.1, 0.15) is 23.4 Å². The highest BCUT2D eigenvalue weighted by molar-refractivity contribution is 7.89. The van der Waals surface area contributed by atoms with E-state index in [4.69, 9.17) is 10.8 Å². The van der Waals surface area contributed by atoms with Crippen LogP contribution in [0.1, 0.15) is 5.69 Å². The van der Waals surface area contributed by atoms with Crippen molar-refractivity contribution in [1.29, 1.82) is 5.26 Å². The van der Waals surface area contributed by atoms with E-state index in [0.29, 0.717) is 16.0 Å². The van der Waals surface area contributed by atoms with E-state index in [9.17, 15) is 14.2 Å². The second-order valence-electron chi connectivity index (χ2n) is 5.68. The second kappa shape index (κ2) is 8.77. The second-order valence-corrected chi connectivity index (χ2v) is 6.95. The Kier molecular flexibility index (Phi) is 6.18. The van der Waals surface area contributed by atoms with Gasteiger partial charge >= 0.3 is 0 Å². The number of aliphatic hydroxyl groups is 1. The highest BCUT2D eigenvalue weighted by Gasteiger charge is 2.19. The van der Waals surface area contributed by atoms with Gasteiger partial charge in [0.15, 0.2) is 10.6 Å². The summed E-state index contributed by atoms with van der Waals surface area (Å²) in [6, 6.07) is 13.2. The zero-order valence-corrected chi connectivity index (χ0v) is 15.4. The summed E-state index contributed by atoms with van der Waals surface area (Å²) >= 11 is -1.56. The third-order valence-corrected chi connectivity index (χ3v) is 5.09. The molecule has 2 aromatic carbocycles. The molecule has 0 radical (unpaired) electrons. The van der Waals surface area contributed by atoms with Crippen LogP contribution >= 0.6 is 0 Å². The maximum Gasteiger partial charge on any atom is 0.181 e. The topological polar surface area (TPSA) is 131 Å². The monoisotopic (exact) mass is 397 g/mol. The molecule has 1 aromatic heterocycles. The lowest BCUT2D eigenvalue weighted by Gasteiger charge is -2.14. The largest absolute Gasteiger partial charge is 0.593 e. The Morgan fingerprint density at radius 1 is 1.25 bits per heavy atom. The van der Waals surface area contributed by atoms with Crippen LogP contribution in [-0.4, -0.2) is 32.8 Å². The SMILES string of the molecule is N#Cc1nc(N)cnc1-c1ccc(-c2ccccc2[S+]([O-])NCCO)cc1F. The Morgan fingerprint density at radius 2 is 2.04 bits per heavy atom. The number of nitrogen functional groups attached to an aromatic ring is 1. The zero-order chi connectivity index (χ0) is 20.1. The first-order chi connectivity index (χ1) is 13.5. The number of benzene rings is 2. The van der Waals surface area contributed by atoms with Gasteiger partial charge in [0.05, 0.1) is 30.7 Å². The van der Waals surface area contributed by atoms with E-state index in [-0.39, 0.29) is 35.9 Å². The fourth-order valence-corrected chi connectivity index (χ4v) is 3.66. The van der Waals surface area contributed by atoms with Gasteiger partial charge in [-0.15, -0.1) is 4.72 Å². The van der Waals surface area contributed by atoms with Gasteiger partial charge in [-0.2, -0.15) is 5.26 Å². The van der Waals surface area contributed by atoms with Crippen LogP contribution in [0.3, 0.4) is 0 Å². The molecule has 7 nitrogen and oxygen atoms in total. The van der Waals surface area contributed by atoms with Crippen LogP contribution < -0.4 is 10.5 Å². The Balaban J connectivity index is 2.02. The van der Waals surface area contributed by atoms with Crippen LogP contribution in [0.5, 0.6) is 0 Å². The van der Waals surface area contributed by atoms with Crippen LogP contribution in [0.2, 0.25) is 0 Å². The van der Waals surface area contributed by atoms with Crippen molar-refractivity contribution in [3.05, 3.63) is 60.2 Å². The summed E-state index contributed by atoms with van der Waals surface area (Å²) in [5.41, 5.74) is 6.77. The van der Waals surface area contributed by atoms with Crippen molar-refractivity contribution in [2.45, 2.75) is 4.90 Å². The summed E-state index contributed by atoms with van der Waals surface area (Å²) in [6.45, 7) is 0.0159. The van der Waals surface area contributed by atoms with Crippen molar-refractivity contribution < 1.29 is 14.0 Å². The highest BCUT2D eigenvalue weighted by atomic mass is 32.2. The fraction of sp³-hybridized carbons (Fsp3) is 0.105. The summed E-state index contributed by atoms with van der Waals surface area (Å²) in [6.07, 6.45) is 1.26. The Morgan fingerprint density at radius 3 is 2.75 bits per heavy atom. The summed E-state index contributed by atoms with van der Waals surface area (Å²) in [5.74, 6) is -0.527. The first-order valence-electron chi connectivity index (χ1n) is 8.23. The maximum absolute atomic E-state index is 14.8. The summed E-state index contributed by atoms with van der Waals surface area (Å²) in [7, 11) is 0. The fourth-order valence-electron chi connectivity index (χ4n) is 2.64. The highest BCUT2D eigenvalue weighted by Crippen LogP contribution is 2.31. The van der Waals surface area contributed by atoms with Gasteiger partial charge in [-0.05, 0) is 29.8 Å². The number of rotatable bonds is 6. The van der Waals surface area contributed by atoms with Crippen molar-refractivity contribution in [2.24, 2.45) is 0 Å². The van der Waals surface area contributed by atoms with E-state index < -0.39 is 17.2 Å². The number of anilines is 1. The van der Waals surface area contributed by atoms with Crippen LogP contribution in [0, 0.1) is 17.1 Å². The Labute approximate surface area is 164 Å². The minimum Gasteiger partial charge on any atom is -0.593 e. The maximum atomic E-state index is 14.8. The Bertz CT molecular complexity index is 1040. The predicted molar refractivity (Wildman–Crippen MR) is 103 cm³/mol. The van der Waals surface area contributed by atoms with Crippen molar-refractivity contribution >= 4 is 17.2 Å². The van der Waals surface area contributed by atoms with Crippen LogP contribution in [-0.2, 0) is 11.4 Å². The Hall–Kier alpha value is -3.03. The molecule has 0 saturated heterocycles. The zero-order valence-electron chi connectivity index (χ0n) is 14.6. The van der Waals surface area contributed by atoms with Crippen LogP contribution in [0.4, 0.5) is 10.2 Å². The molecule has 1 unspecified atom stereocenters. The van der Waals surface area contributed by atoms with Crippen molar-refractivity contribution in [2.75, 3.05) is 18.9 Å². The molecule has 0 bridgehead atoms. The molecule has 0 amide bonds. The molecular formula is C19H16FN5O2S. The third-order valence-electron chi connectivity index (χ3n) is 3.86. The number of nitrogens with one attached hydrogen (secondary N) is 1. The first kappa shape index (κ1) is 19.7. The molecule has 4 N–H and O–H groups in total. The van der Waals surface area contributed by atoms with E-state index in [2.05, 4.69) is 14.7 Å². The molecular weight excluding hydrogens is 381 g/mol. The first-order valence-corrected chi connectivity index (χ1v) is 9.38. The van der Waals surface area contributed by atoms with Crippen molar-refractivity contribution in [3.8, 4) is 28.5 Å². The molecule has 9 heteroatoms. The molecule has 0 saturated carbocycles. The van der Waals surface area contributed by atoms with Crippen LogP contribution in [0.25, 0.3) is 22.4 Å². The van der Waals surface area contributed by atoms with E-state index in [0.717, 1.165) is 0 Å². The minimum absolute atomic E-state index is 0.0682. The van der Waals surface area contributed by atoms with E-state index in [1.54, 1.807) is 30.3 Å². The smallest absolute Gasteiger partial charge is 0.181 e. The van der Waals surface area contributed by atoms with Gasteiger partial charge < -0.3 is 15.4 Å². The quantitative estimate of drug-likeness (QED) is 0.542. The van der Waals surface area contributed by atoms with Gasteiger partial charge in [0.2, 0.25) is 0 Å². The molecule has 0 aliphatic carbocycles. The molecule has 0 aliphatic rings. The number of nitrogens with zero attached hydrogens (tertiary/aromatic N) is 3. The van der Waals surface area contributed by atoms with Crippen molar-refractivity contribution in [3.63, 3.8) is 0 Å². The third kappa shape index (κ3) is 4.11. The number of aliphatic hydroxyl groups excluding tert-OH is 1. The molecule has 0 aliphatic heterocycles. The molecule has 1 atom stereocenters. The molecule has 28 heavy (non-hydrogen) atoms. The predicted octanol–water partition coefficient (Wildman–Crippen LogP) is 2.01. The number of halogens is 1. The van der Waals surface area contributed by atoms with Gasteiger partial charge in [0.25, 0.3) is 0 Å². The number of aromatic nitrogens is 2.